The van der Waals surface area contributed by atoms with Gasteiger partial charge in [0.25, 0.3) is 0 Å². The summed E-state index contributed by atoms with van der Waals surface area (Å²) in [6.45, 7) is 6.95. The summed E-state index contributed by atoms with van der Waals surface area (Å²) in [4.78, 5) is 29.0. The third-order valence-corrected chi connectivity index (χ3v) is 7.28. The maximum Gasteiger partial charge on any atom is 0.324 e. The maximum atomic E-state index is 13.1. The van der Waals surface area contributed by atoms with Crippen molar-refractivity contribution in [3.05, 3.63) is 65.9 Å². The number of para-hydroxylation sites is 1. The van der Waals surface area contributed by atoms with Crippen molar-refractivity contribution in [3.8, 4) is 0 Å². The smallest absolute Gasteiger partial charge is 0.324 e. The van der Waals surface area contributed by atoms with Crippen LogP contribution >= 0.6 is 0 Å². The lowest BCUT2D eigenvalue weighted by Gasteiger charge is -2.38. The molecule has 1 saturated heterocycles. The number of anilines is 5. The Morgan fingerprint density at radius 2 is 1.77 bits per heavy atom. The molecular formula is C26H30N8O. The number of hydrogen-bond donors (Lipinski definition) is 3. The summed E-state index contributed by atoms with van der Waals surface area (Å²) in [5, 5.41) is 9.67. The number of nitrogens with zero attached hydrogens (tertiary/aromatic N) is 5. The Morgan fingerprint density at radius 3 is 2.57 bits per heavy atom. The molecule has 3 aliphatic heterocycles. The van der Waals surface area contributed by atoms with E-state index >= 15 is 0 Å². The molecule has 0 radical (unpaired) electrons. The molecule has 0 saturated carbocycles. The van der Waals surface area contributed by atoms with E-state index in [1.807, 2.05) is 42.3 Å². The predicted octanol–water partition coefficient (Wildman–Crippen LogP) is 4.05. The zero-order chi connectivity index (χ0) is 23.9. The van der Waals surface area contributed by atoms with Crippen LogP contribution in [-0.4, -0.2) is 65.6 Å². The monoisotopic (exact) mass is 470 g/mol. The Kier molecular flexibility index (Phi) is 5.41. The molecule has 0 bridgehead atoms. The Bertz CT molecular complexity index is 1240. The quantitative estimate of drug-likeness (QED) is 0.530. The van der Waals surface area contributed by atoms with Gasteiger partial charge in [-0.05, 0) is 49.9 Å². The molecule has 3 N–H and O–H groups in total. The molecule has 9 nitrogen and oxygen atoms in total. The number of carbonyl (C=O) groups excluding carboxylic acids is 1. The van der Waals surface area contributed by atoms with Crippen LogP contribution in [0.15, 0.2) is 54.7 Å². The number of rotatable bonds is 4. The van der Waals surface area contributed by atoms with Gasteiger partial charge in [-0.15, -0.1) is 0 Å². The standard InChI is InChI=1S/C26H30N8O/c1-17-21-15-28-25(29-18-7-9-19(10-8-18)33-13-11-32(2)12-14-33)30-24(21)31-26(35)34(17)23-16-27-22-6-4-3-5-20(22)23/h3-10,15,17,23,27H,11-14,16H2,1-2H3,(H2,28,29,30,31,35). The predicted molar refractivity (Wildman–Crippen MR) is 138 cm³/mol. The Hall–Kier alpha value is -3.85. The zero-order valence-electron chi connectivity index (χ0n) is 20.0. The number of hydrogen-bond acceptors (Lipinski definition) is 7. The second-order valence-electron chi connectivity index (χ2n) is 9.46. The number of fused-ring (bicyclic) bond motifs is 2. The van der Waals surface area contributed by atoms with Crippen molar-refractivity contribution in [1.82, 2.24) is 19.8 Å². The summed E-state index contributed by atoms with van der Waals surface area (Å²) < 4.78 is 0. The van der Waals surface area contributed by atoms with Crippen molar-refractivity contribution in [2.24, 2.45) is 0 Å². The van der Waals surface area contributed by atoms with Crippen molar-refractivity contribution in [2.45, 2.75) is 19.0 Å². The van der Waals surface area contributed by atoms with Gasteiger partial charge in [0.15, 0.2) is 0 Å². The van der Waals surface area contributed by atoms with E-state index in [0.29, 0.717) is 18.3 Å². The van der Waals surface area contributed by atoms with E-state index in [4.69, 9.17) is 0 Å². The molecule has 0 spiro atoms. The molecule has 0 aliphatic carbocycles. The molecule has 3 aliphatic rings. The third-order valence-electron chi connectivity index (χ3n) is 7.28. The highest BCUT2D eigenvalue weighted by atomic mass is 16.2. The van der Waals surface area contributed by atoms with E-state index in [9.17, 15) is 4.79 Å². The fourth-order valence-corrected chi connectivity index (χ4v) is 5.22. The fraction of sp³-hybridized carbons (Fsp3) is 0.346. The summed E-state index contributed by atoms with van der Waals surface area (Å²) in [6.07, 6.45) is 1.81. The van der Waals surface area contributed by atoms with Gasteiger partial charge in [0.1, 0.15) is 5.82 Å². The van der Waals surface area contributed by atoms with Crippen LogP contribution < -0.4 is 20.9 Å². The summed E-state index contributed by atoms with van der Waals surface area (Å²) in [5.41, 5.74) is 5.26. The van der Waals surface area contributed by atoms with E-state index in [2.05, 4.69) is 67.0 Å². The van der Waals surface area contributed by atoms with Gasteiger partial charge < -0.3 is 25.3 Å². The molecule has 1 aromatic heterocycles. The van der Waals surface area contributed by atoms with Gasteiger partial charge in [-0.1, -0.05) is 18.2 Å². The fourth-order valence-electron chi connectivity index (χ4n) is 5.22. The maximum absolute atomic E-state index is 13.1. The molecule has 6 rings (SSSR count). The summed E-state index contributed by atoms with van der Waals surface area (Å²) in [7, 11) is 2.16. The number of urea groups is 1. The summed E-state index contributed by atoms with van der Waals surface area (Å²) in [6, 6.07) is 16.2. The zero-order valence-corrected chi connectivity index (χ0v) is 20.0. The van der Waals surface area contributed by atoms with Crippen LogP contribution in [0, 0.1) is 0 Å². The first kappa shape index (κ1) is 21.7. The molecule has 3 aromatic rings. The number of piperazine rings is 1. The third kappa shape index (κ3) is 4.01. The van der Waals surface area contributed by atoms with E-state index in [-0.39, 0.29) is 18.1 Å². The highest BCUT2D eigenvalue weighted by Gasteiger charge is 2.39. The topological polar surface area (TPSA) is 88.7 Å². The van der Waals surface area contributed by atoms with Crippen molar-refractivity contribution in [1.29, 1.82) is 0 Å². The molecule has 35 heavy (non-hydrogen) atoms. The second kappa shape index (κ2) is 8.74. The molecule has 4 heterocycles. The number of aromatic nitrogens is 2. The Morgan fingerprint density at radius 1 is 1.00 bits per heavy atom. The lowest BCUT2D eigenvalue weighted by atomic mass is 10.0. The van der Waals surface area contributed by atoms with E-state index < -0.39 is 0 Å². The normalized spacial score (nSPS) is 21.7. The lowest BCUT2D eigenvalue weighted by molar-refractivity contribution is 0.163. The highest BCUT2D eigenvalue weighted by Crippen LogP contribution is 2.41. The van der Waals surface area contributed by atoms with Gasteiger partial charge in [0.2, 0.25) is 5.95 Å². The number of benzene rings is 2. The largest absolute Gasteiger partial charge is 0.382 e. The van der Waals surface area contributed by atoms with Crippen LogP contribution in [0.25, 0.3) is 0 Å². The van der Waals surface area contributed by atoms with Gasteiger partial charge in [0, 0.05) is 61.5 Å². The van der Waals surface area contributed by atoms with Gasteiger partial charge >= 0.3 is 6.03 Å². The van der Waals surface area contributed by atoms with Gasteiger partial charge in [-0.3, -0.25) is 5.32 Å². The van der Waals surface area contributed by atoms with Crippen LogP contribution in [0.2, 0.25) is 0 Å². The van der Waals surface area contributed by atoms with Gasteiger partial charge in [-0.25, -0.2) is 9.78 Å². The van der Waals surface area contributed by atoms with Crippen molar-refractivity contribution < 1.29 is 4.79 Å². The highest BCUT2D eigenvalue weighted by molar-refractivity contribution is 5.92. The average Bonchev–Trinajstić information content (AvgIpc) is 3.29. The van der Waals surface area contributed by atoms with Crippen LogP contribution in [-0.2, 0) is 0 Å². The van der Waals surface area contributed by atoms with Crippen molar-refractivity contribution >= 4 is 34.9 Å². The second-order valence-corrected chi connectivity index (χ2v) is 9.46. The molecule has 1 fully saturated rings. The first-order chi connectivity index (χ1) is 17.1. The first-order valence-corrected chi connectivity index (χ1v) is 12.2. The minimum atomic E-state index is -0.145. The molecular weight excluding hydrogens is 440 g/mol. The van der Waals surface area contributed by atoms with Gasteiger partial charge in [-0.2, -0.15) is 4.98 Å². The van der Waals surface area contributed by atoms with Crippen LogP contribution in [0.3, 0.4) is 0 Å². The van der Waals surface area contributed by atoms with Crippen molar-refractivity contribution in [3.63, 3.8) is 0 Å². The van der Waals surface area contributed by atoms with Gasteiger partial charge in [0.05, 0.1) is 12.1 Å². The van der Waals surface area contributed by atoms with Crippen molar-refractivity contribution in [2.75, 3.05) is 60.6 Å². The Labute approximate surface area is 205 Å². The minimum Gasteiger partial charge on any atom is -0.382 e. The molecule has 2 atom stereocenters. The number of nitrogens with one attached hydrogen (secondary N) is 3. The number of amides is 2. The molecule has 2 amide bonds. The van der Waals surface area contributed by atoms with Crippen LogP contribution in [0.1, 0.15) is 30.1 Å². The van der Waals surface area contributed by atoms with Crippen LogP contribution in [0.5, 0.6) is 0 Å². The Balaban J connectivity index is 1.18. The minimum absolute atomic E-state index is 0.0361. The SMILES string of the molecule is CC1c2cnc(Nc3ccc(N4CCN(C)CC4)cc3)nc2NC(=O)N1C1CNc2ccccc21. The van der Waals surface area contributed by atoms with E-state index in [0.717, 1.165) is 48.7 Å². The van der Waals surface area contributed by atoms with Crippen LogP contribution in [0.4, 0.5) is 33.6 Å². The lowest BCUT2D eigenvalue weighted by Crippen LogP contribution is -2.44. The molecule has 2 aromatic carbocycles. The molecule has 180 valence electrons. The van der Waals surface area contributed by atoms with E-state index in [1.54, 1.807) is 0 Å². The number of likely N-dealkylation sites (N-methyl/N-ethyl adjacent to an activating group) is 1. The first-order valence-electron chi connectivity index (χ1n) is 12.2. The summed E-state index contributed by atoms with van der Waals surface area (Å²) in [5.74, 6) is 1.02. The average molecular weight is 471 g/mol. The summed E-state index contributed by atoms with van der Waals surface area (Å²) >= 11 is 0. The molecule has 2 unspecified atom stereocenters. The van der Waals surface area contributed by atoms with E-state index in [1.165, 1.54) is 5.69 Å². The molecule has 9 heteroatoms. The number of carbonyl (C=O) groups is 1.